The van der Waals surface area contributed by atoms with Gasteiger partial charge in [0.15, 0.2) is 0 Å². The molecule has 2 aromatic rings. The highest BCUT2D eigenvalue weighted by Crippen LogP contribution is 2.49. The summed E-state index contributed by atoms with van der Waals surface area (Å²) < 4.78 is 46.2. The highest BCUT2D eigenvalue weighted by Gasteiger charge is 2.58. The van der Waals surface area contributed by atoms with Crippen LogP contribution in [-0.4, -0.2) is 42.1 Å². The molecular weight excluding hydrogens is 471 g/mol. The lowest BCUT2D eigenvalue weighted by molar-refractivity contribution is -0.158. The summed E-state index contributed by atoms with van der Waals surface area (Å²) in [6.07, 6.45) is -2.98. The number of nitriles is 1. The van der Waals surface area contributed by atoms with Gasteiger partial charge in [-0.1, -0.05) is 18.2 Å². The summed E-state index contributed by atoms with van der Waals surface area (Å²) in [5, 5.41) is 9.19. The van der Waals surface area contributed by atoms with Crippen LogP contribution in [0.1, 0.15) is 55.7 Å². The predicted molar refractivity (Wildman–Crippen MR) is 127 cm³/mol. The molecule has 0 bridgehead atoms. The van der Waals surface area contributed by atoms with Gasteiger partial charge < -0.3 is 4.74 Å². The molecule has 0 radical (unpaired) electrons. The van der Waals surface area contributed by atoms with E-state index in [-0.39, 0.29) is 24.6 Å². The maximum atomic E-state index is 13.8. The van der Waals surface area contributed by atoms with E-state index in [0.29, 0.717) is 24.2 Å². The Morgan fingerprint density at radius 1 is 1.17 bits per heavy atom. The van der Waals surface area contributed by atoms with Crippen molar-refractivity contribution in [3.8, 4) is 6.07 Å². The second-order valence-corrected chi connectivity index (χ2v) is 9.34. The van der Waals surface area contributed by atoms with Crippen molar-refractivity contribution in [3.05, 3.63) is 65.2 Å². The van der Waals surface area contributed by atoms with Gasteiger partial charge in [0.25, 0.3) is 0 Å². The van der Waals surface area contributed by atoms with E-state index in [2.05, 4.69) is 6.07 Å². The van der Waals surface area contributed by atoms with Gasteiger partial charge in [-0.3, -0.25) is 19.4 Å². The van der Waals surface area contributed by atoms with Gasteiger partial charge in [-0.2, -0.15) is 18.4 Å². The molecule has 2 aromatic carbocycles. The Balaban J connectivity index is 1.90. The lowest BCUT2D eigenvalue weighted by Gasteiger charge is -2.55. The highest BCUT2D eigenvalue weighted by atomic mass is 19.4. The molecule has 2 aliphatic rings. The maximum absolute atomic E-state index is 13.8. The summed E-state index contributed by atoms with van der Waals surface area (Å²) >= 11 is 0. The molecular formula is C27H28F3N3O3. The van der Waals surface area contributed by atoms with Gasteiger partial charge in [-0.15, -0.1) is 0 Å². The van der Waals surface area contributed by atoms with Crippen LogP contribution >= 0.6 is 0 Å². The second kappa shape index (κ2) is 9.94. The lowest BCUT2D eigenvalue weighted by atomic mass is 9.71. The summed E-state index contributed by atoms with van der Waals surface area (Å²) in [6.45, 7) is 4.77. The van der Waals surface area contributed by atoms with E-state index in [1.54, 1.807) is 38.1 Å². The third-order valence-electron chi connectivity index (χ3n) is 7.27. The van der Waals surface area contributed by atoms with Crippen molar-refractivity contribution in [2.45, 2.75) is 50.9 Å². The number of piperidine rings is 1. The van der Waals surface area contributed by atoms with Gasteiger partial charge in [0.2, 0.25) is 5.91 Å². The summed E-state index contributed by atoms with van der Waals surface area (Å²) in [5.41, 5.74) is -0.882. The van der Waals surface area contributed by atoms with E-state index >= 15 is 0 Å². The number of amides is 1. The van der Waals surface area contributed by atoms with E-state index in [4.69, 9.17) is 4.74 Å². The van der Waals surface area contributed by atoms with Crippen LogP contribution in [-0.2, 0) is 20.5 Å². The first-order chi connectivity index (χ1) is 17.1. The van der Waals surface area contributed by atoms with E-state index in [1.807, 2.05) is 4.90 Å². The number of nitrogens with zero attached hydrogens (tertiary/aromatic N) is 3. The number of esters is 1. The zero-order valence-electron chi connectivity index (χ0n) is 20.2. The predicted octanol–water partition coefficient (Wildman–Crippen LogP) is 5.09. The van der Waals surface area contributed by atoms with Crippen molar-refractivity contribution in [2.24, 2.45) is 5.92 Å². The quantitative estimate of drug-likeness (QED) is 0.536. The minimum absolute atomic E-state index is 0.0882. The van der Waals surface area contributed by atoms with E-state index < -0.39 is 35.2 Å². The average Bonchev–Trinajstić information content (AvgIpc) is 3.39. The third kappa shape index (κ3) is 4.58. The third-order valence-corrected chi connectivity index (χ3v) is 7.27. The van der Waals surface area contributed by atoms with E-state index in [9.17, 15) is 28.0 Å². The van der Waals surface area contributed by atoms with Crippen molar-refractivity contribution < 1.29 is 27.5 Å². The number of benzene rings is 2. The number of alkyl halides is 3. The standard InChI is InChI=1S/C27H28F3N3O3/c1-3-36-25(35)24-22(19-11-9-18(17-31)10-12-19)16-23(34)33(26(24,2)32-13-4-5-14-32)21-8-6-7-20(15-21)27(28,29)30/h6-12,15,22,24H,3-5,13-14,16H2,1-2H3. The molecule has 0 spiro atoms. The Hall–Kier alpha value is -3.38. The zero-order chi connectivity index (χ0) is 26.1. The fourth-order valence-corrected chi connectivity index (χ4v) is 5.64. The molecule has 2 saturated heterocycles. The van der Waals surface area contributed by atoms with Crippen LogP contribution in [0.2, 0.25) is 0 Å². The Bertz CT molecular complexity index is 1170. The van der Waals surface area contributed by atoms with Crippen LogP contribution in [0.3, 0.4) is 0 Å². The molecule has 3 atom stereocenters. The van der Waals surface area contributed by atoms with E-state index in [0.717, 1.165) is 25.0 Å². The van der Waals surface area contributed by atoms with Gasteiger partial charge >= 0.3 is 12.1 Å². The van der Waals surface area contributed by atoms with Crippen molar-refractivity contribution in [2.75, 3.05) is 24.6 Å². The molecule has 0 saturated carbocycles. The molecule has 6 nitrogen and oxygen atoms in total. The Kier molecular flexibility index (Phi) is 7.10. The van der Waals surface area contributed by atoms with Crippen LogP contribution in [0.5, 0.6) is 0 Å². The molecule has 2 fully saturated rings. The monoisotopic (exact) mass is 499 g/mol. The number of hydrogen-bond acceptors (Lipinski definition) is 5. The summed E-state index contributed by atoms with van der Waals surface area (Å²) in [7, 11) is 0. The molecule has 2 heterocycles. The average molecular weight is 500 g/mol. The molecule has 0 aliphatic carbocycles. The second-order valence-electron chi connectivity index (χ2n) is 9.34. The molecule has 36 heavy (non-hydrogen) atoms. The molecule has 190 valence electrons. The van der Waals surface area contributed by atoms with Crippen LogP contribution in [0.25, 0.3) is 0 Å². The topological polar surface area (TPSA) is 73.6 Å². The molecule has 1 amide bonds. The van der Waals surface area contributed by atoms with Gasteiger partial charge in [-0.25, -0.2) is 0 Å². The van der Waals surface area contributed by atoms with Gasteiger partial charge in [0, 0.05) is 31.1 Å². The Morgan fingerprint density at radius 3 is 2.42 bits per heavy atom. The number of ether oxygens (including phenoxy) is 1. The van der Waals surface area contributed by atoms with Gasteiger partial charge in [0.05, 0.1) is 23.8 Å². The van der Waals surface area contributed by atoms with Crippen LogP contribution in [0.4, 0.5) is 18.9 Å². The first-order valence-electron chi connectivity index (χ1n) is 12.0. The number of anilines is 1. The fraction of sp³-hybridized carbons (Fsp3) is 0.444. The zero-order valence-corrected chi connectivity index (χ0v) is 20.2. The number of carbonyl (C=O) groups excluding carboxylic acids is 2. The minimum atomic E-state index is -4.58. The molecule has 2 aliphatic heterocycles. The number of hydrogen-bond donors (Lipinski definition) is 0. The van der Waals surface area contributed by atoms with Crippen LogP contribution in [0.15, 0.2) is 48.5 Å². The summed E-state index contributed by atoms with van der Waals surface area (Å²) in [6, 6.07) is 13.5. The SMILES string of the molecule is CCOC(=O)C1C(c2ccc(C#N)cc2)CC(=O)N(c2cccc(C(F)(F)F)c2)C1(C)N1CCCC1. The normalized spacial score (nSPS) is 25.0. The largest absolute Gasteiger partial charge is 0.466 e. The first kappa shape index (κ1) is 25.7. The molecule has 9 heteroatoms. The molecule has 4 rings (SSSR count). The molecule has 0 N–H and O–H groups in total. The van der Waals surface area contributed by atoms with Crippen molar-refractivity contribution in [1.82, 2.24) is 4.90 Å². The van der Waals surface area contributed by atoms with Crippen LogP contribution in [0, 0.1) is 17.2 Å². The Labute approximate surface area is 208 Å². The minimum Gasteiger partial charge on any atom is -0.466 e. The van der Waals surface area contributed by atoms with Gasteiger partial charge in [-0.05, 0) is 62.6 Å². The van der Waals surface area contributed by atoms with Crippen molar-refractivity contribution in [1.29, 1.82) is 5.26 Å². The summed E-state index contributed by atoms with van der Waals surface area (Å²) in [4.78, 5) is 30.7. The van der Waals surface area contributed by atoms with Gasteiger partial charge in [0.1, 0.15) is 11.6 Å². The lowest BCUT2D eigenvalue weighted by Crippen LogP contribution is -2.70. The smallest absolute Gasteiger partial charge is 0.416 e. The fourth-order valence-electron chi connectivity index (χ4n) is 5.64. The van der Waals surface area contributed by atoms with E-state index in [1.165, 1.54) is 17.0 Å². The van der Waals surface area contributed by atoms with Crippen LogP contribution < -0.4 is 4.90 Å². The number of rotatable bonds is 5. The highest BCUT2D eigenvalue weighted by molar-refractivity contribution is 5.99. The Morgan fingerprint density at radius 2 is 1.83 bits per heavy atom. The molecule has 3 unspecified atom stereocenters. The summed E-state index contributed by atoms with van der Waals surface area (Å²) in [5.74, 6) is -2.32. The number of carbonyl (C=O) groups is 2. The first-order valence-corrected chi connectivity index (χ1v) is 12.0. The number of halogens is 3. The maximum Gasteiger partial charge on any atom is 0.416 e. The number of likely N-dealkylation sites (tertiary alicyclic amines) is 1. The van der Waals surface area contributed by atoms with Crippen molar-refractivity contribution >= 4 is 17.6 Å². The van der Waals surface area contributed by atoms with Crippen molar-refractivity contribution in [3.63, 3.8) is 0 Å². The molecule has 0 aromatic heterocycles.